The van der Waals surface area contributed by atoms with E-state index in [1.807, 2.05) is 47.5 Å². The highest BCUT2D eigenvalue weighted by Crippen LogP contribution is 2.51. The van der Waals surface area contributed by atoms with Crippen LogP contribution in [0.4, 0.5) is 0 Å². The van der Waals surface area contributed by atoms with Gasteiger partial charge in [-0.05, 0) is 36.4 Å². The van der Waals surface area contributed by atoms with Crippen molar-refractivity contribution < 1.29 is 23.4 Å². The molecule has 0 unspecified atom stereocenters. The van der Waals surface area contributed by atoms with E-state index < -0.39 is 6.23 Å². The van der Waals surface area contributed by atoms with Crippen LogP contribution < -0.4 is 18.9 Å². The molecule has 0 aliphatic carbocycles. The largest absolute Gasteiger partial charge is 0.493 e. The third-order valence-corrected chi connectivity index (χ3v) is 5.50. The average Bonchev–Trinajstić information content (AvgIpc) is 3.47. The minimum Gasteiger partial charge on any atom is -0.493 e. The Kier molecular flexibility index (Phi) is 4.50. The molecule has 0 amide bonds. The molecule has 30 heavy (non-hydrogen) atoms. The number of nitrogens with zero attached hydrogens (tertiary/aromatic N) is 2. The van der Waals surface area contributed by atoms with Crippen LogP contribution in [-0.4, -0.2) is 32.0 Å². The van der Waals surface area contributed by atoms with Crippen LogP contribution in [0, 0.1) is 0 Å². The zero-order valence-corrected chi connectivity index (χ0v) is 17.0. The van der Waals surface area contributed by atoms with E-state index in [-0.39, 0.29) is 6.04 Å². The number of benzene rings is 2. The number of ether oxygens (including phenoxy) is 4. The molecule has 2 atom stereocenters. The Labute approximate surface area is 174 Å². The molecular weight excluding hydrogens is 384 g/mol. The maximum absolute atomic E-state index is 6.46. The van der Waals surface area contributed by atoms with E-state index in [9.17, 15) is 0 Å². The molecule has 0 radical (unpaired) electrons. The SMILES string of the molecule is COc1ccc([C@H]2Oc3c(OC)cccc3[C@H]3CC(c4ccco4)=NN32)cc1OC. The smallest absolute Gasteiger partial charge is 0.214 e. The monoisotopic (exact) mass is 406 g/mol. The van der Waals surface area contributed by atoms with Crippen molar-refractivity contribution in [2.24, 2.45) is 5.10 Å². The van der Waals surface area contributed by atoms with Crippen LogP contribution >= 0.6 is 0 Å². The molecular formula is C23H22N2O5. The number of rotatable bonds is 5. The maximum atomic E-state index is 6.46. The standard InChI is InChI=1S/C23H22N2O5/c1-26-19-10-9-14(12-21(19)28-3)23-25-17(13-16(24-25)18-8-5-11-29-18)15-6-4-7-20(27-2)22(15)30-23/h4-12,17,23H,13H2,1-3H3/t17-,23-/m1/s1. The number of hydrogen-bond donors (Lipinski definition) is 0. The molecule has 7 nitrogen and oxygen atoms in total. The van der Waals surface area contributed by atoms with Gasteiger partial charge in [-0.3, -0.25) is 0 Å². The summed E-state index contributed by atoms with van der Waals surface area (Å²) in [6.07, 6.45) is 1.92. The van der Waals surface area contributed by atoms with Gasteiger partial charge in [-0.2, -0.15) is 5.10 Å². The van der Waals surface area contributed by atoms with Crippen molar-refractivity contribution in [2.45, 2.75) is 18.7 Å². The molecule has 0 fully saturated rings. The molecule has 3 heterocycles. The van der Waals surface area contributed by atoms with Gasteiger partial charge in [0.2, 0.25) is 6.23 Å². The number of hydrogen-bond acceptors (Lipinski definition) is 7. The summed E-state index contributed by atoms with van der Waals surface area (Å²) in [6.45, 7) is 0. The fourth-order valence-corrected chi connectivity index (χ4v) is 4.06. The van der Waals surface area contributed by atoms with Gasteiger partial charge in [0.15, 0.2) is 23.0 Å². The van der Waals surface area contributed by atoms with E-state index in [2.05, 4.69) is 6.07 Å². The van der Waals surface area contributed by atoms with Gasteiger partial charge >= 0.3 is 0 Å². The third-order valence-electron chi connectivity index (χ3n) is 5.50. The first-order chi connectivity index (χ1) is 14.7. The van der Waals surface area contributed by atoms with Crippen LogP contribution in [0.5, 0.6) is 23.0 Å². The van der Waals surface area contributed by atoms with Gasteiger partial charge in [-0.15, -0.1) is 0 Å². The number of para-hydroxylation sites is 1. The second kappa shape index (κ2) is 7.33. The van der Waals surface area contributed by atoms with Crippen LogP contribution in [-0.2, 0) is 0 Å². The first-order valence-electron chi connectivity index (χ1n) is 9.68. The lowest BCUT2D eigenvalue weighted by atomic mass is 9.97. The molecule has 0 saturated carbocycles. The van der Waals surface area contributed by atoms with E-state index in [0.717, 1.165) is 28.3 Å². The highest BCUT2D eigenvalue weighted by molar-refractivity contribution is 5.99. The molecule has 0 saturated heterocycles. The van der Waals surface area contributed by atoms with Crippen LogP contribution in [0.25, 0.3) is 0 Å². The average molecular weight is 406 g/mol. The summed E-state index contributed by atoms with van der Waals surface area (Å²) in [5.41, 5.74) is 2.82. The first kappa shape index (κ1) is 18.4. The highest BCUT2D eigenvalue weighted by Gasteiger charge is 2.42. The third kappa shape index (κ3) is 2.85. The van der Waals surface area contributed by atoms with Crippen molar-refractivity contribution in [3.63, 3.8) is 0 Å². The zero-order valence-electron chi connectivity index (χ0n) is 17.0. The fourth-order valence-electron chi connectivity index (χ4n) is 4.06. The number of furan rings is 1. The highest BCUT2D eigenvalue weighted by atomic mass is 16.5. The van der Waals surface area contributed by atoms with Gasteiger partial charge in [-0.1, -0.05) is 12.1 Å². The fraction of sp³-hybridized carbons (Fsp3) is 0.261. The molecule has 154 valence electrons. The predicted octanol–water partition coefficient (Wildman–Crippen LogP) is 4.55. The topological polar surface area (TPSA) is 65.7 Å². The summed E-state index contributed by atoms with van der Waals surface area (Å²) in [6, 6.07) is 15.5. The van der Waals surface area contributed by atoms with Gasteiger partial charge < -0.3 is 23.4 Å². The number of methoxy groups -OCH3 is 3. The van der Waals surface area contributed by atoms with Crippen molar-refractivity contribution in [2.75, 3.05) is 21.3 Å². The summed E-state index contributed by atoms with van der Waals surface area (Å²) in [5.74, 6) is 3.49. The Balaban J connectivity index is 1.62. The van der Waals surface area contributed by atoms with Crippen molar-refractivity contribution in [3.05, 3.63) is 71.7 Å². The van der Waals surface area contributed by atoms with Gasteiger partial charge in [0, 0.05) is 17.5 Å². The molecule has 0 bridgehead atoms. The van der Waals surface area contributed by atoms with Gasteiger partial charge in [-0.25, -0.2) is 5.01 Å². The molecule has 0 N–H and O–H groups in total. The number of hydrazone groups is 1. The Bertz CT molecular complexity index is 1090. The molecule has 7 heteroatoms. The van der Waals surface area contributed by atoms with E-state index in [1.54, 1.807) is 27.6 Å². The second-order valence-corrected chi connectivity index (χ2v) is 7.09. The second-order valence-electron chi connectivity index (χ2n) is 7.09. The quantitative estimate of drug-likeness (QED) is 0.619. The Morgan fingerprint density at radius 2 is 1.77 bits per heavy atom. The Hall–Kier alpha value is -3.61. The number of fused-ring (bicyclic) bond motifs is 3. The molecule has 2 aliphatic rings. The predicted molar refractivity (Wildman–Crippen MR) is 110 cm³/mol. The molecule has 0 spiro atoms. The summed E-state index contributed by atoms with van der Waals surface area (Å²) in [4.78, 5) is 0. The molecule has 5 rings (SSSR count). The van der Waals surface area contributed by atoms with E-state index in [1.165, 1.54) is 0 Å². The minimum atomic E-state index is -0.453. The van der Waals surface area contributed by atoms with Crippen LogP contribution in [0.15, 0.2) is 64.3 Å². The summed E-state index contributed by atoms with van der Waals surface area (Å²) >= 11 is 0. The summed E-state index contributed by atoms with van der Waals surface area (Å²) < 4.78 is 28.5. The zero-order chi connectivity index (χ0) is 20.7. The van der Waals surface area contributed by atoms with E-state index in [4.69, 9.17) is 28.5 Å². The lowest BCUT2D eigenvalue weighted by Gasteiger charge is -2.38. The van der Waals surface area contributed by atoms with E-state index in [0.29, 0.717) is 23.7 Å². The lowest BCUT2D eigenvalue weighted by molar-refractivity contribution is -0.0210. The normalized spacial score (nSPS) is 19.4. The van der Waals surface area contributed by atoms with Crippen LogP contribution in [0.1, 0.15) is 35.6 Å². The Morgan fingerprint density at radius 1 is 0.933 bits per heavy atom. The summed E-state index contributed by atoms with van der Waals surface area (Å²) in [7, 11) is 4.88. The molecule has 1 aromatic heterocycles. The van der Waals surface area contributed by atoms with Crippen molar-refractivity contribution in [3.8, 4) is 23.0 Å². The van der Waals surface area contributed by atoms with Gasteiger partial charge in [0.05, 0.1) is 33.6 Å². The minimum absolute atomic E-state index is 0.00189. The van der Waals surface area contributed by atoms with Crippen molar-refractivity contribution in [1.82, 2.24) is 5.01 Å². The van der Waals surface area contributed by atoms with Gasteiger partial charge in [0.1, 0.15) is 11.5 Å². The maximum Gasteiger partial charge on any atom is 0.214 e. The van der Waals surface area contributed by atoms with Crippen LogP contribution in [0.3, 0.4) is 0 Å². The molecule has 2 aromatic carbocycles. The van der Waals surface area contributed by atoms with Crippen LogP contribution in [0.2, 0.25) is 0 Å². The molecule has 2 aliphatic heterocycles. The van der Waals surface area contributed by atoms with Crippen molar-refractivity contribution >= 4 is 5.71 Å². The van der Waals surface area contributed by atoms with Gasteiger partial charge in [0.25, 0.3) is 0 Å². The van der Waals surface area contributed by atoms with Crippen molar-refractivity contribution in [1.29, 1.82) is 0 Å². The Morgan fingerprint density at radius 3 is 2.50 bits per heavy atom. The summed E-state index contributed by atoms with van der Waals surface area (Å²) in [5, 5.41) is 6.87. The molecule has 3 aromatic rings. The van der Waals surface area contributed by atoms with E-state index >= 15 is 0 Å². The lowest BCUT2D eigenvalue weighted by Crippen LogP contribution is -2.33. The first-order valence-corrected chi connectivity index (χ1v) is 9.68.